The number of carbonyl (C=O) groups is 2. The topological polar surface area (TPSA) is 69.0 Å². The Morgan fingerprint density at radius 1 is 0.968 bits per heavy atom. The first-order chi connectivity index (χ1) is 14.5. The van der Waals surface area contributed by atoms with Crippen molar-refractivity contribution < 1.29 is 23.5 Å². The predicted octanol–water partition coefficient (Wildman–Crippen LogP) is 4.76. The lowest BCUT2D eigenvalue weighted by atomic mass is 9.85. The predicted molar refractivity (Wildman–Crippen MR) is 119 cm³/mol. The molecule has 0 aliphatic heterocycles. The van der Waals surface area contributed by atoms with E-state index in [1.54, 1.807) is 13.2 Å². The molecule has 0 spiro atoms. The molecule has 0 aliphatic rings. The first-order valence-corrected chi connectivity index (χ1v) is 10.7. The van der Waals surface area contributed by atoms with Crippen LogP contribution in [0.5, 0.6) is 0 Å². The van der Waals surface area contributed by atoms with Crippen LogP contribution in [0.3, 0.4) is 0 Å². The lowest BCUT2D eigenvalue weighted by Crippen LogP contribution is -2.35. The van der Waals surface area contributed by atoms with Gasteiger partial charge in [-0.3, -0.25) is 14.5 Å². The maximum Gasteiger partial charge on any atom is 0.320 e. The van der Waals surface area contributed by atoms with Gasteiger partial charge < -0.3 is 13.9 Å². The second-order valence-corrected chi connectivity index (χ2v) is 9.41. The summed E-state index contributed by atoms with van der Waals surface area (Å²) >= 11 is 0. The smallest absolute Gasteiger partial charge is 0.320 e. The second kappa shape index (κ2) is 10.6. The molecule has 0 aliphatic carbocycles. The summed E-state index contributed by atoms with van der Waals surface area (Å²) in [7, 11) is 0. The average molecular weight is 430 g/mol. The Hall–Kier alpha value is -2.60. The Bertz CT molecular complexity index is 832. The average Bonchev–Trinajstić information content (AvgIpc) is 3.15. The molecular weight excluding hydrogens is 394 g/mol. The molecule has 2 aromatic rings. The van der Waals surface area contributed by atoms with Crippen molar-refractivity contribution in [2.24, 2.45) is 5.41 Å². The van der Waals surface area contributed by atoms with E-state index >= 15 is 0 Å². The highest BCUT2D eigenvalue weighted by Gasteiger charge is 2.32. The molecule has 0 N–H and O–H groups in total. The third-order valence-corrected chi connectivity index (χ3v) is 4.64. The molecule has 1 heterocycles. The number of esters is 2. The summed E-state index contributed by atoms with van der Waals surface area (Å²) in [5.41, 5.74) is 0.996. The summed E-state index contributed by atoms with van der Waals surface area (Å²) in [5, 5.41) is 0. The van der Waals surface area contributed by atoms with Crippen molar-refractivity contribution in [1.29, 1.82) is 0 Å². The first-order valence-electron chi connectivity index (χ1n) is 10.7. The molecular formula is C25H35NO5. The van der Waals surface area contributed by atoms with Crippen LogP contribution in [0.15, 0.2) is 47.1 Å². The minimum Gasteiger partial charge on any atom is -0.468 e. The van der Waals surface area contributed by atoms with Crippen LogP contribution in [-0.4, -0.2) is 35.6 Å². The van der Waals surface area contributed by atoms with E-state index in [1.807, 2.05) is 75.9 Å². The van der Waals surface area contributed by atoms with Gasteiger partial charge in [-0.15, -0.1) is 0 Å². The number of rotatable bonds is 10. The molecule has 0 amide bonds. The standard InChI is InChI=1S/C25H35NO5/c1-7-29-22(27)18-26(17-21-9-8-14-30-21)16-20-12-10-19(11-13-20)15-25(5,6)23(28)31-24(2,3)4/h8-14H,7,15-18H2,1-6H3. The van der Waals surface area contributed by atoms with Gasteiger partial charge in [-0.25, -0.2) is 0 Å². The SMILES string of the molecule is CCOC(=O)CN(Cc1ccc(CC(C)(C)C(=O)OC(C)(C)C)cc1)Cc1ccco1. The van der Waals surface area contributed by atoms with Gasteiger partial charge in [-0.05, 0) is 71.2 Å². The molecule has 170 valence electrons. The molecule has 2 rings (SSSR count). The fourth-order valence-electron chi connectivity index (χ4n) is 3.20. The number of nitrogens with zero attached hydrogens (tertiary/aromatic N) is 1. The minimum atomic E-state index is -0.621. The van der Waals surface area contributed by atoms with Crippen LogP contribution in [0.1, 0.15) is 58.4 Å². The van der Waals surface area contributed by atoms with Crippen molar-refractivity contribution in [3.63, 3.8) is 0 Å². The molecule has 0 atom stereocenters. The third kappa shape index (κ3) is 8.58. The second-order valence-electron chi connectivity index (χ2n) is 9.41. The van der Waals surface area contributed by atoms with Crippen LogP contribution in [0.4, 0.5) is 0 Å². The van der Waals surface area contributed by atoms with E-state index in [0.29, 0.717) is 26.1 Å². The van der Waals surface area contributed by atoms with Gasteiger partial charge in [-0.2, -0.15) is 0 Å². The Morgan fingerprint density at radius 3 is 2.16 bits per heavy atom. The van der Waals surface area contributed by atoms with Crippen molar-refractivity contribution in [3.05, 3.63) is 59.5 Å². The van der Waals surface area contributed by atoms with E-state index in [4.69, 9.17) is 13.9 Å². The highest BCUT2D eigenvalue weighted by Crippen LogP contribution is 2.26. The van der Waals surface area contributed by atoms with Crippen LogP contribution in [-0.2, 0) is 38.6 Å². The maximum absolute atomic E-state index is 12.5. The van der Waals surface area contributed by atoms with E-state index in [9.17, 15) is 9.59 Å². The van der Waals surface area contributed by atoms with Gasteiger partial charge in [0.25, 0.3) is 0 Å². The van der Waals surface area contributed by atoms with E-state index in [-0.39, 0.29) is 18.5 Å². The van der Waals surface area contributed by atoms with Gasteiger partial charge in [0.05, 0.1) is 31.4 Å². The van der Waals surface area contributed by atoms with Gasteiger partial charge in [0.2, 0.25) is 0 Å². The molecule has 0 fully saturated rings. The van der Waals surface area contributed by atoms with E-state index in [0.717, 1.165) is 16.9 Å². The van der Waals surface area contributed by atoms with Crippen molar-refractivity contribution in [3.8, 4) is 0 Å². The highest BCUT2D eigenvalue weighted by molar-refractivity contribution is 5.76. The number of ether oxygens (including phenoxy) is 2. The monoisotopic (exact) mass is 429 g/mol. The summed E-state index contributed by atoms with van der Waals surface area (Å²) in [5.74, 6) is 0.327. The van der Waals surface area contributed by atoms with E-state index in [1.165, 1.54) is 0 Å². The third-order valence-electron chi connectivity index (χ3n) is 4.64. The molecule has 0 saturated heterocycles. The quantitative estimate of drug-likeness (QED) is 0.508. The number of furan rings is 1. The Labute approximate surface area is 185 Å². The van der Waals surface area contributed by atoms with Crippen LogP contribution < -0.4 is 0 Å². The highest BCUT2D eigenvalue weighted by atomic mass is 16.6. The van der Waals surface area contributed by atoms with Crippen LogP contribution in [0, 0.1) is 5.41 Å². The number of carbonyl (C=O) groups excluding carboxylic acids is 2. The van der Waals surface area contributed by atoms with E-state index < -0.39 is 11.0 Å². The fourth-order valence-corrected chi connectivity index (χ4v) is 3.20. The molecule has 6 nitrogen and oxygen atoms in total. The number of benzene rings is 1. The fraction of sp³-hybridized carbons (Fsp3) is 0.520. The lowest BCUT2D eigenvalue weighted by Gasteiger charge is -2.28. The Kier molecular flexibility index (Phi) is 8.45. The zero-order valence-corrected chi connectivity index (χ0v) is 19.6. The molecule has 1 aromatic heterocycles. The first kappa shape index (κ1) is 24.7. The van der Waals surface area contributed by atoms with Crippen LogP contribution >= 0.6 is 0 Å². The zero-order valence-electron chi connectivity index (χ0n) is 19.6. The van der Waals surface area contributed by atoms with Gasteiger partial charge >= 0.3 is 11.9 Å². The normalized spacial score (nSPS) is 12.1. The van der Waals surface area contributed by atoms with Crippen molar-refractivity contribution in [2.45, 2.75) is 66.7 Å². The minimum absolute atomic E-state index is 0.183. The van der Waals surface area contributed by atoms with Crippen molar-refractivity contribution in [1.82, 2.24) is 4.90 Å². The Morgan fingerprint density at radius 2 is 1.61 bits per heavy atom. The largest absolute Gasteiger partial charge is 0.468 e. The van der Waals surface area contributed by atoms with Crippen LogP contribution in [0.25, 0.3) is 0 Å². The maximum atomic E-state index is 12.5. The molecule has 0 unspecified atom stereocenters. The molecule has 0 saturated carbocycles. The molecule has 1 aromatic carbocycles. The van der Waals surface area contributed by atoms with Gasteiger partial charge in [0.15, 0.2) is 0 Å². The summed E-state index contributed by atoms with van der Waals surface area (Å²) in [4.78, 5) is 26.5. The van der Waals surface area contributed by atoms with Gasteiger partial charge in [0.1, 0.15) is 11.4 Å². The number of hydrogen-bond donors (Lipinski definition) is 0. The van der Waals surface area contributed by atoms with E-state index in [2.05, 4.69) is 0 Å². The molecule has 31 heavy (non-hydrogen) atoms. The summed E-state index contributed by atoms with van der Waals surface area (Å²) < 4.78 is 16.1. The summed E-state index contributed by atoms with van der Waals surface area (Å²) in [6, 6.07) is 11.8. The van der Waals surface area contributed by atoms with Crippen molar-refractivity contribution >= 4 is 11.9 Å². The zero-order chi connectivity index (χ0) is 23.1. The number of hydrogen-bond acceptors (Lipinski definition) is 6. The molecule has 6 heteroatoms. The van der Waals surface area contributed by atoms with Gasteiger partial charge in [0, 0.05) is 6.54 Å². The lowest BCUT2D eigenvalue weighted by molar-refractivity contribution is -0.165. The van der Waals surface area contributed by atoms with Crippen LogP contribution in [0.2, 0.25) is 0 Å². The Balaban J connectivity index is 2.04. The molecule has 0 radical (unpaired) electrons. The van der Waals surface area contributed by atoms with Crippen molar-refractivity contribution in [2.75, 3.05) is 13.2 Å². The molecule has 0 bridgehead atoms. The summed E-state index contributed by atoms with van der Waals surface area (Å²) in [6.45, 7) is 12.9. The van der Waals surface area contributed by atoms with Gasteiger partial charge in [-0.1, -0.05) is 24.3 Å². The summed E-state index contributed by atoms with van der Waals surface area (Å²) in [6.07, 6.45) is 2.21.